The first-order valence-corrected chi connectivity index (χ1v) is 13.3. The summed E-state index contributed by atoms with van der Waals surface area (Å²) in [6.07, 6.45) is 2.03. The molecule has 1 amide bonds. The maximum absolute atomic E-state index is 14.8. The van der Waals surface area contributed by atoms with Crippen molar-refractivity contribution in [3.63, 3.8) is 0 Å². The lowest BCUT2D eigenvalue weighted by molar-refractivity contribution is -0.146. The fourth-order valence-electron chi connectivity index (χ4n) is 6.61. The van der Waals surface area contributed by atoms with Crippen LogP contribution in [0.5, 0.6) is 0 Å². The van der Waals surface area contributed by atoms with E-state index in [1.165, 1.54) is 0 Å². The zero-order valence-electron chi connectivity index (χ0n) is 19.5. The Kier molecular flexibility index (Phi) is 4.97. The molecule has 2 saturated heterocycles. The molecule has 0 unspecified atom stereocenters. The number of fused-ring (bicyclic) bond motifs is 3. The van der Waals surface area contributed by atoms with Gasteiger partial charge in [-0.25, -0.2) is 0 Å². The van der Waals surface area contributed by atoms with E-state index in [2.05, 4.69) is 39.7 Å². The third-order valence-corrected chi connectivity index (χ3v) is 9.62. The van der Waals surface area contributed by atoms with Crippen LogP contribution in [0.1, 0.15) is 26.8 Å². The molecule has 1 N–H and O–H groups in total. The van der Waals surface area contributed by atoms with Gasteiger partial charge in [-0.1, -0.05) is 29.8 Å². The van der Waals surface area contributed by atoms with E-state index in [4.69, 9.17) is 0 Å². The van der Waals surface area contributed by atoms with Gasteiger partial charge in [0.05, 0.1) is 5.41 Å². The number of rotatable bonds is 2. The highest BCUT2D eigenvalue weighted by molar-refractivity contribution is 7.11. The summed E-state index contributed by atoms with van der Waals surface area (Å²) >= 11 is 3.31. The van der Waals surface area contributed by atoms with Crippen molar-refractivity contribution >= 4 is 46.1 Å². The fraction of sp³-hybridized carbons (Fsp3) is 0.333. The van der Waals surface area contributed by atoms with Gasteiger partial charge in [-0.15, -0.1) is 22.7 Å². The number of Topliss-reactive ketones (excluding diaryl/α,β-unsaturated/α-hetero) is 1. The number of amides is 1. The number of hydrogen-bond donors (Lipinski definition) is 1. The Hall–Kier alpha value is -2.58. The summed E-state index contributed by atoms with van der Waals surface area (Å²) in [5, 5.41) is 7.26. The van der Waals surface area contributed by atoms with E-state index in [1.54, 1.807) is 22.7 Å². The van der Waals surface area contributed by atoms with E-state index in [1.807, 2.05) is 55.8 Å². The molecule has 1 aromatic carbocycles. The summed E-state index contributed by atoms with van der Waals surface area (Å²) < 4.78 is 0. The summed E-state index contributed by atoms with van der Waals surface area (Å²) in [6, 6.07) is 14.3. The van der Waals surface area contributed by atoms with Crippen LogP contribution in [0.4, 0.5) is 5.69 Å². The topological polar surface area (TPSA) is 52.7 Å². The number of carbonyl (C=O) groups is 2. The second kappa shape index (κ2) is 7.71. The number of thiophene rings is 2. The standard InChI is InChI=1S/C27H27N3O2S2/c1-17-8-9-22-20(12-17)27(25(32)28-22)26(21(15-30(27)3)23-7-5-11-34-23)16-29(2)14-18(24(26)31)13-19-6-4-10-33-19/h4-13,21H,14-16H2,1-3H3,(H,28,32)/b18-13+/t21-,26-,27+/m0/s1. The zero-order chi connectivity index (χ0) is 23.7. The lowest BCUT2D eigenvalue weighted by atomic mass is 9.57. The van der Waals surface area contributed by atoms with Crippen LogP contribution in [0.25, 0.3) is 6.08 Å². The number of aryl methyl sites for hydroxylation is 1. The molecule has 5 heterocycles. The van der Waals surface area contributed by atoms with E-state index < -0.39 is 11.0 Å². The monoisotopic (exact) mass is 489 g/mol. The molecular formula is C27H27N3O2S2. The van der Waals surface area contributed by atoms with Crippen molar-refractivity contribution in [1.29, 1.82) is 0 Å². The summed E-state index contributed by atoms with van der Waals surface area (Å²) in [6.45, 7) is 3.80. The van der Waals surface area contributed by atoms with Crippen LogP contribution in [-0.2, 0) is 15.1 Å². The average Bonchev–Trinajstić information content (AvgIpc) is 3.58. The van der Waals surface area contributed by atoms with Crippen LogP contribution in [0.15, 0.2) is 58.8 Å². The molecule has 5 nitrogen and oxygen atoms in total. The first-order chi connectivity index (χ1) is 16.4. The number of likely N-dealkylation sites (N-methyl/N-ethyl adjacent to an activating group) is 2. The average molecular weight is 490 g/mol. The minimum absolute atomic E-state index is 0.0864. The van der Waals surface area contributed by atoms with Gasteiger partial charge in [-0.3, -0.25) is 14.5 Å². The minimum atomic E-state index is -1.07. The third-order valence-electron chi connectivity index (χ3n) is 7.81. The van der Waals surface area contributed by atoms with Crippen molar-refractivity contribution < 1.29 is 9.59 Å². The number of carbonyl (C=O) groups excluding carboxylic acids is 2. The molecular weight excluding hydrogens is 462 g/mol. The van der Waals surface area contributed by atoms with Gasteiger partial charge in [0.25, 0.3) is 5.91 Å². The highest BCUT2D eigenvalue weighted by Crippen LogP contribution is 2.64. The normalized spacial score (nSPS) is 30.6. The number of nitrogens with zero attached hydrogens (tertiary/aromatic N) is 2. The Morgan fingerprint density at radius 3 is 2.62 bits per heavy atom. The van der Waals surface area contributed by atoms with Gasteiger partial charge >= 0.3 is 0 Å². The number of likely N-dealkylation sites (tertiary alicyclic amines) is 2. The number of hydrogen-bond acceptors (Lipinski definition) is 6. The van der Waals surface area contributed by atoms with Crippen molar-refractivity contribution in [1.82, 2.24) is 9.80 Å². The van der Waals surface area contributed by atoms with E-state index in [0.29, 0.717) is 19.6 Å². The van der Waals surface area contributed by atoms with Crippen LogP contribution in [0, 0.1) is 12.3 Å². The maximum atomic E-state index is 14.8. The van der Waals surface area contributed by atoms with Crippen LogP contribution >= 0.6 is 22.7 Å². The van der Waals surface area contributed by atoms with Crippen molar-refractivity contribution in [2.75, 3.05) is 39.0 Å². The molecule has 3 aliphatic heterocycles. The Morgan fingerprint density at radius 2 is 1.88 bits per heavy atom. The highest BCUT2D eigenvalue weighted by atomic mass is 32.1. The molecule has 0 aliphatic carbocycles. The second-order valence-electron chi connectivity index (χ2n) is 9.82. The van der Waals surface area contributed by atoms with Gasteiger partial charge in [-0.05, 0) is 56.1 Å². The van der Waals surface area contributed by atoms with Gasteiger partial charge in [0.2, 0.25) is 0 Å². The Balaban J connectivity index is 1.65. The maximum Gasteiger partial charge on any atom is 0.250 e. The lowest BCUT2D eigenvalue weighted by Gasteiger charge is -2.50. The van der Waals surface area contributed by atoms with Crippen LogP contribution in [-0.4, -0.2) is 55.2 Å². The Bertz CT molecular complexity index is 1310. The molecule has 2 spiro atoms. The quantitative estimate of drug-likeness (QED) is 0.536. The fourth-order valence-corrected chi connectivity index (χ4v) is 8.20. The molecule has 34 heavy (non-hydrogen) atoms. The largest absolute Gasteiger partial charge is 0.324 e. The van der Waals surface area contributed by atoms with Crippen molar-refractivity contribution in [2.45, 2.75) is 18.4 Å². The predicted octanol–water partition coefficient (Wildman–Crippen LogP) is 4.58. The molecule has 3 aliphatic rings. The highest BCUT2D eigenvalue weighted by Gasteiger charge is 2.74. The number of piperidine rings is 1. The van der Waals surface area contributed by atoms with E-state index in [-0.39, 0.29) is 17.6 Å². The molecule has 7 heteroatoms. The van der Waals surface area contributed by atoms with Gasteiger partial charge < -0.3 is 10.2 Å². The zero-order valence-corrected chi connectivity index (χ0v) is 21.1. The summed E-state index contributed by atoms with van der Waals surface area (Å²) in [5.41, 5.74) is 1.61. The number of ketones is 1. The first kappa shape index (κ1) is 21.9. The molecule has 3 atom stereocenters. The molecule has 0 saturated carbocycles. The summed E-state index contributed by atoms with van der Waals surface area (Å²) in [7, 11) is 4.08. The Labute approximate surface area is 207 Å². The molecule has 174 valence electrons. The van der Waals surface area contributed by atoms with Crippen LogP contribution in [0.2, 0.25) is 0 Å². The first-order valence-electron chi connectivity index (χ1n) is 11.5. The minimum Gasteiger partial charge on any atom is -0.324 e. The van der Waals surface area contributed by atoms with Gasteiger partial charge in [0.15, 0.2) is 5.78 Å². The van der Waals surface area contributed by atoms with E-state index >= 15 is 0 Å². The summed E-state index contributed by atoms with van der Waals surface area (Å²) in [4.78, 5) is 35.5. The van der Waals surface area contributed by atoms with Crippen molar-refractivity contribution in [3.8, 4) is 0 Å². The van der Waals surface area contributed by atoms with Crippen LogP contribution < -0.4 is 5.32 Å². The molecule has 0 bridgehead atoms. The molecule has 3 aromatic rings. The summed E-state index contributed by atoms with van der Waals surface area (Å²) in [5.74, 6) is -0.0725. The third kappa shape index (κ3) is 2.78. The van der Waals surface area contributed by atoms with Gasteiger partial charge in [-0.2, -0.15) is 0 Å². The second-order valence-corrected chi connectivity index (χ2v) is 11.8. The smallest absolute Gasteiger partial charge is 0.250 e. The molecule has 0 radical (unpaired) electrons. The SMILES string of the molecule is Cc1ccc2c(c1)[C@]1(C(=O)N2)N(C)C[C@@H](c2cccs2)[C@]12CN(C)C/C(=C\c1cccs1)C2=O. The Morgan fingerprint density at radius 1 is 1.09 bits per heavy atom. The van der Waals surface area contributed by atoms with E-state index in [9.17, 15) is 9.59 Å². The van der Waals surface area contributed by atoms with Crippen LogP contribution in [0.3, 0.4) is 0 Å². The molecule has 2 aromatic heterocycles. The van der Waals surface area contributed by atoms with Gasteiger partial charge in [0.1, 0.15) is 5.54 Å². The van der Waals surface area contributed by atoms with Gasteiger partial charge in [0, 0.05) is 52.1 Å². The predicted molar refractivity (Wildman–Crippen MR) is 138 cm³/mol. The van der Waals surface area contributed by atoms with Crippen molar-refractivity contribution in [3.05, 3.63) is 79.7 Å². The molecule has 2 fully saturated rings. The number of nitrogens with one attached hydrogen (secondary N) is 1. The number of anilines is 1. The van der Waals surface area contributed by atoms with E-state index in [0.717, 1.165) is 32.1 Å². The van der Waals surface area contributed by atoms with Crippen molar-refractivity contribution in [2.24, 2.45) is 5.41 Å². The number of benzene rings is 1. The molecule has 6 rings (SSSR count). The lowest BCUT2D eigenvalue weighted by Crippen LogP contribution is -2.65.